The lowest BCUT2D eigenvalue weighted by Crippen LogP contribution is -2.40. The minimum Gasteiger partial charge on any atom is -0.469 e. The summed E-state index contributed by atoms with van der Waals surface area (Å²) >= 11 is 0. The Kier molecular flexibility index (Phi) is 4.28. The minimum absolute atomic E-state index is 0.0877. The van der Waals surface area contributed by atoms with Crippen molar-refractivity contribution < 1.29 is 9.53 Å². The molecule has 0 saturated carbocycles. The second kappa shape index (κ2) is 5.31. The highest BCUT2D eigenvalue weighted by atomic mass is 16.5. The zero-order valence-corrected chi connectivity index (χ0v) is 10.9. The highest BCUT2D eigenvalue weighted by Gasteiger charge is 2.30. The molecule has 0 spiro atoms. The first kappa shape index (κ1) is 13.7. The number of rotatable bonds is 5. The van der Waals surface area contributed by atoms with Crippen LogP contribution in [0.3, 0.4) is 0 Å². The number of nitrogens with two attached hydrogens (primary N) is 1. The Bertz CT molecular complexity index is 379. The fourth-order valence-corrected chi connectivity index (χ4v) is 1.79. The van der Waals surface area contributed by atoms with Crippen molar-refractivity contribution in [2.45, 2.75) is 45.2 Å². The molecular weight excluding hydrogens is 218 g/mol. The summed E-state index contributed by atoms with van der Waals surface area (Å²) in [6, 6.07) is 0. The number of methoxy groups -OCH3 is 1. The fraction of sp³-hybridized carbons (Fsp3) is 0.667. The molecule has 0 aliphatic carbocycles. The van der Waals surface area contributed by atoms with Crippen molar-refractivity contribution >= 4 is 5.97 Å². The summed E-state index contributed by atoms with van der Waals surface area (Å²) in [5.74, 6) is -0.340. The number of carbonyl (C=O) groups excluding carboxylic acids is 1. The van der Waals surface area contributed by atoms with Crippen LogP contribution < -0.4 is 5.73 Å². The van der Waals surface area contributed by atoms with E-state index in [1.54, 1.807) is 6.20 Å². The van der Waals surface area contributed by atoms with Gasteiger partial charge in [0, 0.05) is 24.2 Å². The van der Waals surface area contributed by atoms with Crippen LogP contribution in [0, 0.1) is 0 Å². The van der Waals surface area contributed by atoms with Gasteiger partial charge in [0.2, 0.25) is 0 Å². The third-order valence-corrected chi connectivity index (χ3v) is 2.88. The molecule has 0 amide bonds. The molecule has 2 N–H and O–H groups in total. The largest absolute Gasteiger partial charge is 0.469 e. The number of ether oxygens (including phenoxy) is 1. The highest BCUT2D eigenvalue weighted by molar-refractivity contribution is 5.70. The second-order valence-corrected chi connectivity index (χ2v) is 4.78. The first-order chi connectivity index (χ1) is 7.88. The predicted octanol–water partition coefficient (Wildman–Crippen LogP) is 1.29. The maximum Gasteiger partial charge on any atom is 0.306 e. The average molecular weight is 239 g/mol. The molecule has 1 rings (SSSR count). The second-order valence-electron chi connectivity index (χ2n) is 4.78. The summed E-state index contributed by atoms with van der Waals surface area (Å²) in [7, 11) is 1.39. The van der Waals surface area contributed by atoms with Gasteiger partial charge in [-0.3, -0.25) is 9.48 Å². The molecule has 1 aromatic heterocycles. The molecular formula is C12H21N3O2. The molecule has 0 aliphatic rings. The van der Waals surface area contributed by atoms with Crippen LogP contribution in [0.2, 0.25) is 0 Å². The summed E-state index contributed by atoms with van der Waals surface area (Å²) in [4.78, 5) is 11.4. The average Bonchev–Trinajstić information content (AvgIpc) is 2.71. The van der Waals surface area contributed by atoms with Gasteiger partial charge in [0.15, 0.2) is 0 Å². The van der Waals surface area contributed by atoms with Crippen LogP contribution in [-0.4, -0.2) is 28.4 Å². The SMILES string of the molecule is CCn1cc(C(CC(=O)OC)C(C)(C)N)cn1. The molecule has 0 aliphatic heterocycles. The van der Waals surface area contributed by atoms with Crippen LogP contribution in [0.25, 0.3) is 0 Å². The van der Waals surface area contributed by atoms with E-state index < -0.39 is 5.54 Å². The van der Waals surface area contributed by atoms with Gasteiger partial charge in [-0.25, -0.2) is 0 Å². The number of hydrogen-bond acceptors (Lipinski definition) is 4. The molecule has 1 atom stereocenters. The van der Waals surface area contributed by atoms with Crippen molar-refractivity contribution in [3.8, 4) is 0 Å². The van der Waals surface area contributed by atoms with Gasteiger partial charge < -0.3 is 10.5 Å². The third-order valence-electron chi connectivity index (χ3n) is 2.88. The van der Waals surface area contributed by atoms with Gasteiger partial charge in [0.05, 0.1) is 19.7 Å². The molecule has 1 unspecified atom stereocenters. The quantitative estimate of drug-likeness (QED) is 0.786. The molecule has 1 heterocycles. The summed E-state index contributed by atoms with van der Waals surface area (Å²) in [6.07, 6.45) is 3.98. The number of nitrogens with zero attached hydrogens (tertiary/aromatic N) is 2. The van der Waals surface area contributed by atoms with E-state index in [9.17, 15) is 4.79 Å². The Hall–Kier alpha value is -1.36. The maximum atomic E-state index is 11.4. The van der Waals surface area contributed by atoms with Gasteiger partial charge >= 0.3 is 5.97 Å². The Morgan fingerprint density at radius 3 is 2.71 bits per heavy atom. The maximum absolute atomic E-state index is 11.4. The van der Waals surface area contributed by atoms with Crippen molar-refractivity contribution in [2.75, 3.05) is 7.11 Å². The van der Waals surface area contributed by atoms with Crippen molar-refractivity contribution in [3.63, 3.8) is 0 Å². The van der Waals surface area contributed by atoms with Crippen molar-refractivity contribution in [1.82, 2.24) is 9.78 Å². The Labute approximate surface area is 102 Å². The fourth-order valence-electron chi connectivity index (χ4n) is 1.79. The first-order valence-electron chi connectivity index (χ1n) is 5.76. The number of hydrogen-bond donors (Lipinski definition) is 1. The molecule has 1 aromatic rings. The summed E-state index contributed by atoms with van der Waals surface area (Å²) in [6.45, 7) is 6.63. The van der Waals surface area contributed by atoms with E-state index in [1.165, 1.54) is 7.11 Å². The van der Waals surface area contributed by atoms with Gasteiger partial charge in [-0.1, -0.05) is 0 Å². The lowest BCUT2D eigenvalue weighted by Gasteiger charge is -2.28. The number of esters is 1. The summed E-state index contributed by atoms with van der Waals surface area (Å²) < 4.78 is 6.53. The predicted molar refractivity (Wildman–Crippen MR) is 65.5 cm³/mol. The van der Waals surface area contributed by atoms with E-state index in [-0.39, 0.29) is 18.3 Å². The number of carbonyl (C=O) groups is 1. The smallest absolute Gasteiger partial charge is 0.306 e. The van der Waals surface area contributed by atoms with Gasteiger partial charge in [0.1, 0.15) is 0 Å². The molecule has 0 aromatic carbocycles. The van der Waals surface area contributed by atoms with Crippen molar-refractivity contribution in [1.29, 1.82) is 0 Å². The Morgan fingerprint density at radius 2 is 2.29 bits per heavy atom. The van der Waals surface area contributed by atoms with E-state index in [0.29, 0.717) is 0 Å². The summed E-state index contributed by atoms with van der Waals surface area (Å²) in [5.41, 5.74) is 6.61. The number of aryl methyl sites for hydroxylation is 1. The number of aromatic nitrogens is 2. The highest BCUT2D eigenvalue weighted by Crippen LogP contribution is 2.29. The van der Waals surface area contributed by atoms with Crippen LogP contribution in [0.15, 0.2) is 12.4 Å². The van der Waals surface area contributed by atoms with E-state index in [4.69, 9.17) is 10.5 Å². The van der Waals surface area contributed by atoms with Gasteiger partial charge in [-0.15, -0.1) is 0 Å². The first-order valence-corrected chi connectivity index (χ1v) is 5.76. The van der Waals surface area contributed by atoms with Gasteiger partial charge in [0.25, 0.3) is 0 Å². The van der Waals surface area contributed by atoms with Crippen LogP contribution in [0.5, 0.6) is 0 Å². The Balaban J connectivity index is 2.94. The third kappa shape index (κ3) is 3.56. The van der Waals surface area contributed by atoms with Crippen LogP contribution in [0.1, 0.15) is 38.7 Å². The topological polar surface area (TPSA) is 70.1 Å². The lowest BCUT2D eigenvalue weighted by molar-refractivity contribution is -0.141. The normalized spacial score (nSPS) is 13.5. The molecule has 0 saturated heterocycles. The van der Waals surface area contributed by atoms with Crippen molar-refractivity contribution in [2.24, 2.45) is 5.73 Å². The van der Waals surface area contributed by atoms with E-state index >= 15 is 0 Å². The zero-order chi connectivity index (χ0) is 13.1. The van der Waals surface area contributed by atoms with E-state index in [1.807, 2.05) is 31.6 Å². The molecule has 0 radical (unpaired) electrons. The van der Waals surface area contributed by atoms with Gasteiger partial charge in [-0.2, -0.15) is 5.10 Å². The Morgan fingerprint density at radius 1 is 1.65 bits per heavy atom. The molecule has 0 bridgehead atoms. The van der Waals surface area contributed by atoms with Crippen LogP contribution in [0.4, 0.5) is 0 Å². The molecule has 5 heteroatoms. The standard InChI is InChI=1S/C12H21N3O2/c1-5-15-8-9(7-14-15)10(12(2,3)13)6-11(16)17-4/h7-8,10H,5-6,13H2,1-4H3. The lowest BCUT2D eigenvalue weighted by atomic mass is 9.82. The minimum atomic E-state index is -0.490. The summed E-state index contributed by atoms with van der Waals surface area (Å²) in [5, 5.41) is 4.21. The molecule has 17 heavy (non-hydrogen) atoms. The monoisotopic (exact) mass is 239 g/mol. The van der Waals surface area contributed by atoms with E-state index in [0.717, 1.165) is 12.1 Å². The molecule has 0 fully saturated rings. The van der Waals surface area contributed by atoms with Crippen LogP contribution >= 0.6 is 0 Å². The molecule has 96 valence electrons. The van der Waals surface area contributed by atoms with Crippen molar-refractivity contribution in [3.05, 3.63) is 18.0 Å². The van der Waals surface area contributed by atoms with Gasteiger partial charge in [-0.05, 0) is 26.3 Å². The van der Waals surface area contributed by atoms with Crippen LogP contribution in [-0.2, 0) is 16.1 Å². The van der Waals surface area contributed by atoms with E-state index in [2.05, 4.69) is 5.10 Å². The molecule has 5 nitrogen and oxygen atoms in total. The zero-order valence-electron chi connectivity index (χ0n) is 10.9.